The molecule has 0 unspecified atom stereocenters. The lowest BCUT2D eigenvalue weighted by Crippen LogP contribution is -2.04. The Morgan fingerprint density at radius 1 is 1.28 bits per heavy atom. The van der Waals surface area contributed by atoms with Crippen molar-refractivity contribution in [1.82, 2.24) is 9.97 Å². The Balaban J connectivity index is 2.41. The van der Waals surface area contributed by atoms with Crippen LogP contribution >= 0.6 is 23.2 Å². The van der Waals surface area contributed by atoms with Crippen molar-refractivity contribution in [1.29, 1.82) is 0 Å². The van der Waals surface area contributed by atoms with Gasteiger partial charge in [0.2, 0.25) is 5.88 Å². The Bertz CT molecular complexity index is 549. The van der Waals surface area contributed by atoms with Crippen LogP contribution in [0.1, 0.15) is 12.2 Å². The molecule has 18 heavy (non-hydrogen) atoms. The highest BCUT2D eigenvalue weighted by atomic mass is 35.5. The first-order chi connectivity index (χ1) is 8.74. The number of hydrogen-bond donors (Lipinski definition) is 1. The second-order valence-electron chi connectivity index (χ2n) is 3.67. The van der Waals surface area contributed by atoms with Gasteiger partial charge >= 0.3 is 0 Å². The fourth-order valence-corrected chi connectivity index (χ4v) is 1.81. The number of benzene rings is 1. The van der Waals surface area contributed by atoms with Gasteiger partial charge < -0.3 is 9.84 Å². The van der Waals surface area contributed by atoms with Gasteiger partial charge in [-0.3, -0.25) is 0 Å². The lowest BCUT2D eigenvalue weighted by atomic mass is 10.2. The highest BCUT2D eigenvalue weighted by Crippen LogP contribution is 2.25. The molecule has 0 bridgehead atoms. The average Bonchev–Trinajstić information content (AvgIpc) is 2.38. The Hall–Kier alpha value is -1.10. The second kappa shape index (κ2) is 6.18. The van der Waals surface area contributed by atoms with Crippen LogP contribution in [0, 0.1) is 0 Å². The standard InChI is InChI=1S/C12H12Cl2N2O2/c13-7-11-15-10-6-8(14)2-3-9(10)12(16-11)18-5-1-4-17/h2-3,6,17H,1,4-5,7H2. The van der Waals surface area contributed by atoms with Crippen molar-refractivity contribution in [3.8, 4) is 5.88 Å². The van der Waals surface area contributed by atoms with Gasteiger partial charge in [0.25, 0.3) is 0 Å². The first kappa shape index (κ1) is 13.3. The topological polar surface area (TPSA) is 55.2 Å². The van der Waals surface area contributed by atoms with Gasteiger partial charge in [-0.25, -0.2) is 4.98 Å². The van der Waals surface area contributed by atoms with Crippen molar-refractivity contribution < 1.29 is 9.84 Å². The van der Waals surface area contributed by atoms with Crippen LogP contribution < -0.4 is 4.74 Å². The summed E-state index contributed by atoms with van der Waals surface area (Å²) >= 11 is 11.7. The maximum Gasteiger partial charge on any atom is 0.224 e. The number of aliphatic hydroxyl groups excluding tert-OH is 1. The first-order valence-corrected chi connectivity index (χ1v) is 6.41. The molecule has 0 aliphatic carbocycles. The minimum absolute atomic E-state index is 0.0806. The monoisotopic (exact) mass is 286 g/mol. The van der Waals surface area contributed by atoms with Crippen LogP contribution in [-0.2, 0) is 5.88 Å². The molecule has 0 aliphatic rings. The zero-order chi connectivity index (χ0) is 13.0. The Morgan fingerprint density at radius 2 is 2.11 bits per heavy atom. The third-order valence-corrected chi connectivity index (χ3v) is 2.81. The van der Waals surface area contributed by atoms with E-state index in [1.165, 1.54) is 0 Å². The molecule has 2 aromatic rings. The lowest BCUT2D eigenvalue weighted by molar-refractivity contribution is 0.230. The Morgan fingerprint density at radius 3 is 2.83 bits per heavy atom. The zero-order valence-corrected chi connectivity index (χ0v) is 11.1. The number of rotatable bonds is 5. The summed E-state index contributed by atoms with van der Waals surface area (Å²) in [6.07, 6.45) is 0.551. The quantitative estimate of drug-likeness (QED) is 0.678. The molecule has 0 atom stereocenters. The number of ether oxygens (including phenoxy) is 1. The van der Waals surface area contributed by atoms with Gasteiger partial charge in [-0.2, -0.15) is 4.98 Å². The summed E-state index contributed by atoms with van der Waals surface area (Å²) in [6, 6.07) is 5.31. The summed E-state index contributed by atoms with van der Waals surface area (Å²) < 4.78 is 5.53. The third-order valence-electron chi connectivity index (χ3n) is 2.33. The van der Waals surface area contributed by atoms with Crippen molar-refractivity contribution in [3.05, 3.63) is 29.0 Å². The molecule has 0 radical (unpaired) electrons. The molecule has 4 nitrogen and oxygen atoms in total. The molecule has 1 aromatic carbocycles. The van der Waals surface area contributed by atoms with Gasteiger partial charge in [0.15, 0.2) is 0 Å². The fraction of sp³-hybridized carbons (Fsp3) is 0.333. The molecule has 6 heteroatoms. The zero-order valence-electron chi connectivity index (χ0n) is 9.57. The van der Waals surface area contributed by atoms with Crippen LogP contribution in [0.15, 0.2) is 18.2 Å². The van der Waals surface area contributed by atoms with E-state index in [2.05, 4.69) is 9.97 Å². The predicted molar refractivity (Wildman–Crippen MR) is 71.3 cm³/mol. The minimum Gasteiger partial charge on any atom is -0.477 e. The van der Waals surface area contributed by atoms with Crippen LogP contribution in [0.25, 0.3) is 10.9 Å². The number of aliphatic hydroxyl groups is 1. The van der Waals surface area contributed by atoms with Crippen LogP contribution in [0.3, 0.4) is 0 Å². The summed E-state index contributed by atoms with van der Waals surface area (Å²) in [5.74, 6) is 1.17. The van der Waals surface area contributed by atoms with E-state index in [0.29, 0.717) is 35.3 Å². The number of hydrogen-bond acceptors (Lipinski definition) is 4. The average molecular weight is 287 g/mol. The van der Waals surface area contributed by atoms with Crippen LogP contribution in [0.5, 0.6) is 5.88 Å². The molecular weight excluding hydrogens is 275 g/mol. The van der Waals surface area contributed by atoms with Crippen molar-refractivity contribution in [2.75, 3.05) is 13.2 Å². The van der Waals surface area contributed by atoms with Crippen molar-refractivity contribution in [2.45, 2.75) is 12.3 Å². The molecule has 2 rings (SSSR count). The number of aromatic nitrogens is 2. The molecule has 0 spiro atoms. The summed E-state index contributed by atoms with van der Waals surface area (Å²) in [4.78, 5) is 8.52. The maximum absolute atomic E-state index is 8.74. The van der Waals surface area contributed by atoms with Gasteiger partial charge in [-0.15, -0.1) is 11.6 Å². The number of fused-ring (bicyclic) bond motifs is 1. The van der Waals surface area contributed by atoms with Gasteiger partial charge in [-0.1, -0.05) is 11.6 Å². The number of alkyl halides is 1. The predicted octanol–water partition coefficient (Wildman–Crippen LogP) is 2.78. The summed E-state index contributed by atoms with van der Waals surface area (Å²) in [7, 11) is 0. The summed E-state index contributed by atoms with van der Waals surface area (Å²) in [6.45, 7) is 0.476. The number of halogens is 2. The first-order valence-electron chi connectivity index (χ1n) is 5.50. The van der Waals surface area contributed by atoms with Crippen LogP contribution in [0.2, 0.25) is 5.02 Å². The van der Waals surface area contributed by atoms with E-state index >= 15 is 0 Å². The van der Waals surface area contributed by atoms with Crippen LogP contribution in [0.4, 0.5) is 0 Å². The molecule has 1 heterocycles. The van der Waals surface area contributed by atoms with Crippen LogP contribution in [-0.4, -0.2) is 28.3 Å². The number of nitrogens with zero attached hydrogens (tertiary/aromatic N) is 2. The summed E-state index contributed by atoms with van der Waals surface area (Å²) in [5, 5.41) is 10.1. The van der Waals surface area contributed by atoms with Gasteiger partial charge in [0, 0.05) is 18.1 Å². The van der Waals surface area contributed by atoms with Gasteiger partial charge in [0.05, 0.1) is 23.4 Å². The molecule has 0 saturated heterocycles. The van der Waals surface area contributed by atoms with Gasteiger partial charge in [0.1, 0.15) is 5.82 Å². The van der Waals surface area contributed by atoms with Crippen molar-refractivity contribution >= 4 is 34.1 Å². The third kappa shape index (κ3) is 3.02. The maximum atomic E-state index is 8.74. The fourth-order valence-electron chi connectivity index (χ4n) is 1.52. The second-order valence-corrected chi connectivity index (χ2v) is 4.37. The SMILES string of the molecule is OCCCOc1nc(CCl)nc2cc(Cl)ccc12. The highest BCUT2D eigenvalue weighted by molar-refractivity contribution is 6.31. The van der Waals surface area contributed by atoms with Crippen molar-refractivity contribution in [2.24, 2.45) is 0 Å². The largest absolute Gasteiger partial charge is 0.477 e. The normalized spacial score (nSPS) is 10.8. The van der Waals surface area contributed by atoms with Gasteiger partial charge in [-0.05, 0) is 18.2 Å². The smallest absolute Gasteiger partial charge is 0.224 e. The van der Waals surface area contributed by atoms with E-state index in [1.54, 1.807) is 12.1 Å². The molecule has 1 N–H and O–H groups in total. The lowest BCUT2D eigenvalue weighted by Gasteiger charge is -2.09. The molecule has 1 aromatic heterocycles. The molecule has 0 aliphatic heterocycles. The minimum atomic E-state index is 0.0806. The molecule has 0 fully saturated rings. The van der Waals surface area contributed by atoms with E-state index in [1.807, 2.05) is 6.07 Å². The van der Waals surface area contributed by atoms with E-state index in [-0.39, 0.29) is 12.5 Å². The van der Waals surface area contributed by atoms with E-state index in [0.717, 1.165) is 5.39 Å². The Labute approximate surface area is 115 Å². The molecule has 0 saturated carbocycles. The van der Waals surface area contributed by atoms with E-state index < -0.39 is 0 Å². The van der Waals surface area contributed by atoms with E-state index in [4.69, 9.17) is 33.0 Å². The van der Waals surface area contributed by atoms with E-state index in [9.17, 15) is 0 Å². The Kier molecular flexibility index (Phi) is 4.58. The summed E-state index contributed by atoms with van der Waals surface area (Å²) in [5.41, 5.74) is 0.701. The molecule has 96 valence electrons. The molecule has 0 amide bonds. The van der Waals surface area contributed by atoms with Crippen molar-refractivity contribution in [3.63, 3.8) is 0 Å². The molecular formula is C12H12Cl2N2O2. The highest BCUT2D eigenvalue weighted by Gasteiger charge is 2.09.